The molecule has 132 valence electrons. The van der Waals surface area contributed by atoms with Crippen LogP contribution in [-0.2, 0) is 22.4 Å². The number of carbonyl (C=O) groups excluding carboxylic acids is 1. The molecule has 1 atom stereocenters. The quantitative estimate of drug-likeness (QED) is 0.877. The summed E-state index contributed by atoms with van der Waals surface area (Å²) >= 11 is 0. The fraction of sp³-hybridized carbons (Fsp3) is 0.444. The summed E-state index contributed by atoms with van der Waals surface area (Å²) < 4.78 is 10.8. The number of fused-ring (bicyclic) bond motifs is 3. The van der Waals surface area contributed by atoms with Gasteiger partial charge in [0, 0.05) is 29.9 Å². The maximum Gasteiger partial charge on any atom is 0.333 e. The summed E-state index contributed by atoms with van der Waals surface area (Å²) in [7, 11) is 0. The molecule has 1 saturated heterocycles. The molecule has 2 N–H and O–H groups in total. The Bertz CT molecular complexity index is 803. The molecule has 1 aliphatic carbocycles. The number of aromatic nitrogens is 1. The molecule has 2 aliphatic rings. The van der Waals surface area contributed by atoms with Crippen LogP contribution >= 0.6 is 0 Å². The van der Waals surface area contributed by atoms with Gasteiger partial charge in [-0.3, -0.25) is 4.79 Å². The lowest BCUT2D eigenvalue weighted by molar-refractivity contribution is -0.187. The standard InChI is InChI=1S/C18H21N3O4/c1-2-19-17(22)18(23)21(8-9-24-18)14-6-7-15-12(10-14)4-3-5-13-11-20-25-16(13)15/h6-7,10-11,23H,2-5,8-9H2,1H3,(H,19,22)/t18-/m0/s1. The molecule has 0 unspecified atom stereocenters. The monoisotopic (exact) mass is 343 g/mol. The highest BCUT2D eigenvalue weighted by Gasteiger charge is 2.48. The summed E-state index contributed by atoms with van der Waals surface area (Å²) in [5, 5.41) is 17.3. The number of likely N-dealkylation sites (N-methyl/N-ethyl adjacent to an activating group) is 1. The predicted molar refractivity (Wildman–Crippen MR) is 90.9 cm³/mol. The lowest BCUT2D eigenvalue weighted by atomic mass is 10.0. The normalized spacial score (nSPS) is 22.2. The molecule has 0 radical (unpaired) electrons. The Kier molecular flexibility index (Phi) is 3.97. The smallest absolute Gasteiger partial charge is 0.333 e. The highest BCUT2D eigenvalue weighted by Crippen LogP contribution is 2.36. The number of anilines is 1. The molecule has 2 aromatic rings. The van der Waals surface area contributed by atoms with Crippen LogP contribution in [0.5, 0.6) is 0 Å². The van der Waals surface area contributed by atoms with E-state index in [1.807, 2.05) is 18.2 Å². The largest absolute Gasteiger partial charge is 0.356 e. The number of ether oxygens (including phenoxy) is 1. The lowest BCUT2D eigenvalue weighted by Gasteiger charge is -2.32. The second-order valence-electron chi connectivity index (χ2n) is 6.34. The van der Waals surface area contributed by atoms with Crippen LogP contribution in [0.1, 0.15) is 24.5 Å². The van der Waals surface area contributed by atoms with Crippen LogP contribution < -0.4 is 10.2 Å². The zero-order chi connectivity index (χ0) is 17.4. The van der Waals surface area contributed by atoms with E-state index in [0.717, 1.165) is 47.4 Å². The van der Waals surface area contributed by atoms with Crippen LogP contribution in [-0.4, -0.2) is 41.8 Å². The molecule has 1 amide bonds. The summed E-state index contributed by atoms with van der Waals surface area (Å²) in [5.41, 5.74) is 4.02. The molecular formula is C18H21N3O4. The van der Waals surface area contributed by atoms with Crippen molar-refractivity contribution in [1.29, 1.82) is 0 Å². The lowest BCUT2D eigenvalue weighted by Crippen LogP contribution is -2.57. The van der Waals surface area contributed by atoms with Crippen molar-refractivity contribution in [2.75, 3.05) is 24.6 Å². The van der Waals surface area contributed by atoms with Gasteiger partial charge in [-0.1, -0.05) is 5.16 Å². The maximum atomic E-state index is 12.3. The van der Waals surface area contributed by atoms with Crippen molar-refractivity contribution >= 4 is 11.6 Å². The topological polar surface area (TPSA) is 87.8 Å². The van der Waals surface area contributed by atoms with E-state index in [1.165, 1.54) is 0 Å². The number of aliphatic hydroxyl groups is 1. The van der Waals surface area contributed by atoms with Crippen molar-refractivity contribution in [3.8, 4) is 11.3 Å². The Hall–Kier alpha value is -2.38. The summed E-state index contributed by atoms with van der Waals surface area (Å²) in [5.74, 6) is -1.69. The molecule has 0 saturated carbocycles. The first-order valence-corrected chi connectivity index (χ1v) is 8.62. The van der Waals surface area contributed by atoms with E-state index in [0.29, 0.717) is 13.1 Å². The molecule has 7 heteroatoms. The van der Waals surface area contributed by atoms with Crippen molar-refractivity contribution in [3.05, 3.63) is 35.5 Å². The molecule has 1 aromatic heterocycles. The number of aryl methyl sites for hydroxylation is 2. The second kappa shape index (κ2) is 6.16. The Balaban J connectivity index is 1.71. The first-order chi connectivity index (χ1) is 12.1. The van der Waals surface area contributed by atoms with Crippen LogP contribution in [0, 0.1) is 0 Å². The molecule has 2 heterocycles. The van der Waals surface area contributed by atoms with Gasteiger partial charge in [-0.05, 0) is 49.9 Å². The maximum absolute atomic E-state index is 12.3. The molecule has 0 bridgehead atoms. The first-order valence-electron chi connectivity index (χ1n) is 8.62. The number of nitrogens with one attached hydrogen (secondary N) is 1. The summed E-state index contributed by atoms with van der Waals surface area (Å²) in [4.78, 5) is 13.9. The number of nitrogens with zero attached hydrogens (tertiary/aromatic N) is 2. The Labute approximate surface area is 145 Å². The van der Waals surface area contributed by atoms with Crippen molar-refractivity contribution in [2.24, 2.45) is 0 Å². The average molecular weight is 343 g/mol. The van der Waals surface area contributed by atoms with E-state index < -0.39 is 11.8 Å². The van der Waals surface area contributed by atoms with Crippen LogP contribution in [0.3, 0.4) is 0 Å². The zero-order valence-corrected chi connectivity index (χ0v) is 14.1. The van der Waals surface area contributed by atoms with Crippen molar-refractivity contribution < 1.29 is 19.2 Å². The van der Waals surface area contributed by atoms with Gasteiger partial charge in [0.25, 0.3) is 0 Å². The van der Waals surface area contributed by atoms with E-state index in [-0.39, 0.29) is 6.61 Å². The van der Waals surface area contributed by atoms with Gasteiger partial charge in [0.2, 0.25) is 0 Å². The van der Waals surface area contributed by atoms with Gasteiger partial charge in [0.05, 0.1) is 12.8 Å². The molecule has 4 rings (SSSR count). The Morgan fingerprint density at radius 3 is 3.08 bits per heavy atom. The van der Waals surface area contributed by atoms with Crippen LogP contribution in [0.15, 0.2) is 28.9 Å². The van der Waals surface area contributed by atoms with Gasteiger partial charge in [-0.2, -0.15) is 0 Å². The van der Waals surface area contributed by atoms with Gasteiger partial charge in [0.1, 0.15) is 0 Å². The van der Waals surface area contributed by atoms with E-state index in [9.17, 15) is 9.90 Å². The van der Waals surface area contributed by atoms with E-state index in [2.05, 4.69) is 10.5 Å². The van der Waals surface area contributed by atoms with Gasteiger partial charge in [-0.25, -0.2) is 0 Å². The minimum Gasteiger partial charge on any atom is -0.356 e. The summed E-state index contributed by atoms with van der Waals surface area (Å²) in [6.45, 7) is 2.96. The third kappa shape index (κ3) is 2.60. The minimum absolute atomic E-state index is 0.289. The summed E-state index contributed by atoms with van der Waals surface area (Å²) in [6.07, 6.45) is 4.61. The highest BCUT2D eigenvalue weighted by molar-refractivity contribution is 5.87. The molecule has 1 fully saturated rings. The number of hydrogen-bond donors (Lipinski definition) is 2. The Morgan fingerprint density at radius 2 is 2.24 bits per heavy atom. The number of benzene rings is 1. The molecule has 1 aliphatic heterocycles. The fourth-order valence-corrected chi connectivity index (χ4v) is 3.58. The highest BCUT2D eigenvalue weighted by atomic mass is 16.7. The molecule has 0 spiro atoms. The van der Waals surface area contributed by atoms with Crippen LogP contribution in [0.2, 0.25) is 0 Å². The zero-order valence-electron chi connectivity index (χ0n) is 14.1. The molecule has 25 heavy (non-hydrogen) atoms. The predicted octanol–water partition coefficient (Wildman–Crippen LogP) is 1.45. The van der Waals surface area contributed by atoms with Crippen molar-refractivity contribution in [1.82, 2.24) is 10.5 Å². The number of amides is 1. The van der Waals surface area contributed by atoms with Crippen molar-refractivity contribution in [2.45, 2.75) is 32.1 Å². The summed E-state index contributed by atoms with van der Waals surface area (Å²) in [6, 6.07) is 5.86. The van der Waals surface area contributed by atoms with E-state index in [1.54, 1.807) is 18.0 Å². The van der Waals surface area contributed by atoms with Gasteiger partial charge >= 0.3 is 11.8 Å². The molecular weight excluding hydrogens is 322 g/mol. The number of hydrogen-bond acceptors (Lipinski definition) is 6. The third-order valence-corrected chi connectivity index (χ3v) is 4.80. The van der Waals surface area contributed by atoms with E-state index >= 15 is 0 Å². The SMILES string of the molecule is CCNC(=O)[C@]1(O)OCCN1c1ccc2c(c1)CCCc1cnoc1-2. The minimum atomic E-state index is -1.97. The van der Waals surface area contributed by atoms with Crippen LogP contribution in [0.25, 0.3) is 11.3 Å². The van der Waals surface area contributed by atoms with Gasteiger partial charge in [0.15, 0.2) is 5.76 Å². The number of rotatable bonds is 3. The van der Waals surface area contributed by atoms with Gasteiger partial charge < -0.3 is 24.6 Å². The number of carbonyl (C=O) groups is 1. The third-order valence-electron chi connectivity index (χ3n) is 4.80. The average Bonchev–Trinajstić information content (AvgIpc) is 3.19. The molecule has 7 nitrogen and oxygen atoms in total. The van der Waals surface area contributed by atoms with Crippen molar-refractivity contribution in [3.63, 3.8) is 0 Å². The van der Waals surface area contributed by atoms with Gasteiger partial charge in [-0.15, -0.1) is 0 Å². The van der Waals surface area contributed by atoms with E-state index in [4.69, 9.17) is 9.26 Å². The Morgan fingerprint density at radius 1 is 1.40 bits per heavy atom. The molecule has 1 aromatic carbocycles. The van der Waals surface area contributed by atoms with Crippen LogP contribution in [0.4, 0.5) is 5.69 Å². The first kappa shape index (κ1) is 16.1. The fourth-order valence-electron chi connectivity index (χ4n) is 3.58. The second-order valence-corrected chi connectivity index (χ2v) is 6.34.